The first-order valence-electron chi connectivity index (χ1n) is 4.81. The summed E-state index contributed by atoms with van der Waals surface area (Å²) in [6.07, 6.45) is 0. The molecule has 5 heteroatoms. The van der Waals surface area contributed by atoms with E-state index >= 15 is 0 Å². The molecule has 0 heterocycles. The van der Waals surface area contributed by atoms with Gasteiger partial charge in [0.15, 0.2) is 0 Å². The molecular formula is C10H20N2O3. The monoisotopic (exact) mass is 216 g/mol. The molecule has 0 aromatic rings. The summed E-state index contributed by atoms with van der Waals surface area (Å²) in [5.41, 5.74) is -0.602. The number of aliphatic hydroxyl groups excluding tert-OH is 1. The van der Waals surface area contributed by atoms with Gasteiger partial charge in [-0.05, 0) is 13.8 Å². The van der Waals surface area contributed by atoms with Crippen molar-refractivity contribution >= 4 is 11.8 Å². The van der Waals surface area contributed by atoms with E-state index < -0.39 is 5.54 Å². The lowest BCUT2D eigenvalue weighted by Gasteiger charge is -2.34. The molecule has 1 N–H and O–H groups in total. The standard InChI is InChI=1S/C10H20N2O3/c1-8(14)11(4)6-9(15)12(5)10(2,3)7-13/h13H,6-7H2,1-5H3. The van der Waals surface area contributed by atoms with Crippen molar-refractivity contribution in [2.45, 2.75) is 26.3 Å². The highest BCUT2D eigenvalue weighted by Gasteiger charge is 2.27. The summed E-state index contributed by atoms with van der Waals surface area (Å²) in [4.78, 5) is 25.4. The normalized spacial score (nSPS) is 11.1. The largest absolute Gasteiger partial charge is 0.394 e. The van der Waals surface area contributed by atoms with Gasteiger partial charge in [-0.15, -0.1) is 0 Å². The molecule has 0 radical (unpaired) electrons. The van der Waals surface area contributed by atoms with Crippen LogP contribution in [0, 0.1) is 0 Å². The molecule has 88 valence electrons. The first-order chi connectivity index (χ1) is 6.72. The van der Waals surface area contributed by atoms with Gasteiger partial charge in [0.05, 0.1) is 18.7 Å². The fourth-order valence-corrected chi connectivity index (χ4v) is 0.864. The highest BCUT2D eigenvalue weighted by Crippen LogP contribution is 2.11. The summed E-state index contributed by atoms with van der Waals surface area (Å²) in [6, 6.07) is 0. The van der Waals surface area contributed by atoms with Crippen molar-refractivity contribution in [1.29, 1.82) is 0 Å². The number of hydrogen-bond donors (Lipinski definition) is 1. The second-order valence-electron chi connectivity index (χ2n) is 4.30. The maximum atomic E-state index is 11.7. The highest BCUT2D eigenvalue weighted by atomic mass is 16.3. The molecule has 0 aromatic carbocycles. The zero-order chi connectivity index (χ0) is 12.2. The number of carbonyl (C=O) groups is 2. The van der Waals surface area contributed by atoms with Crippen LogP contribution >= 0.6 is 0 Å². The van der Waals surface area contributed by atoms with E-state index in [1.807, 2.05) is 0 Å². The third-order valence-electron chi connectivity index (χ3n) is 2.58. The minimum absolute atomic E-state index is 0.0370. The lowest BCUT2D eigenvalue weighted by molar-refractivity contribution is -0.141. The van der Waals surface area contributed by atoms with Gasteiger partial charge in [-0.1, -0.05) is 0 Å². The van der Waals surface area contributed by atoms with Crippen LogP contribution in [-0.2, 0) is 9.59 Å². The number of hydrogen-bond acceptors (Lipinski definition) is 3. The minimum atomic E-state index is -0.602. The van der Waals surface area contributed by atoms with Crippen molar-refractivity contribution in [2.75, 3.05) is 27.2 Å². The van der Waals surface area contributed by atoms with E-state index in [-0.39, 0.29) is 25.0 Å². The number of amides is 2. The van der Waals surface area contributed by atoms with Gasteiger partial charge in [-0.2, -0.15) is 0 Å². The van der Waals surface area contributed by atoms with Crippen LogP contribution < -0.4 is 0 Å². The van der Waals surface area contributed by atoms with Crippen LogP contribution in [0.3, 0.4) is 0 Å². The van der Waals surface area contributed by atoms with E-state index in [1.54, 1.807) is 27.9 Å². The molecule has 15 heavy (non-hydrogen) atoms. The summed E-state index contributed by atoms with van der Waals surface area (Å²) in [6.45, 7) is 4.86. The molecule has 0 rings (SSSR count). The Balaban J connectivity index is 4.40. The van der Waals surface area contributed by atoms with Gasteiger partial charge in [-0.25, -0.2) is 0 Å². The Kier molecular flexibility index (Phi) is 4.74. The molecule has 0 aliphatic heterocycles. The Labute approximate surface area is 90.7 Å². The number of aliphatic hydroxyl groups is 1. The smallest absolute Gasteiger partial charge is 0.242 e. The molecule has 0 fully saturated rings. The fourth-order valence-electron chi connectivity index (χ4n) is 0.864. The van der Waals surface area contributed by atoms with Crippen molar-refractivity contribution in [1.82, 2.24) is 9.80 Å². The topological polar surface area (TPSA) is 60.9 Å². The molecule has 0 aliphatic rings. The predicted octanol–water partition coefficient (Wildman–Crippen LogP) is -0.306. The molecule has 0 spiro atoms. The Morgan fingerprint density at radius 3 is 2.07 bits per heavy atom. The predicted molar refractivity (Wildman–Crippen MR) is 57.2 cm³/mol. The van der Waals surface area contributed by atoms with Crippen LogP contribution in [0.1, 0.15) is 20.8 Å². The molecule has 0 unspecified atom stereocenters. The highest BCUT2D eigenvalue weighted by molar-refractivity contribution is 5.83. The number of carbonyl (C=O) groups excluding carboxylic acids is 2. The molecule has 2 amide bonds. The van der Waals surface area contributed by atoms with Crippen molar-refractivity contribution in [2.24, 2.45) is 0 Å². The van der Waals surface area contributed by atoms with Crippen LogP contribution in [-0.4, -0.2) is 59.5 Å². The Morgan fingerprint density at radius 2 is 1.73 bits per heavy atom. The minimum Gasteiger partial charge on any atom is -0.394 e. The van der Waals surface area contributed by atoms with Crippen LogP contribution in [0.15, 0.2) is 0 Å². The quantitative estimate of drug-likeness (QED) is 0.701. The van der Waals surface area contributed by atoms with E-state index in [1.165, 1.54) is 16.7 Å². The van der Waals surface area contributed by atoms with E-state index in [0.29, 0.717) is 0 Å². The van der Waals surface area contributed by atoms with Crippen LogP contribution in [0.2, 0.25) is 0 Å². The van der Waals surface area contributed by atoms with Gasteiger partial charge < -0.3 is 14.9 Å². The molecule has 0 saturated carbocycles. The summed E-state index contributed by atoms with van der Waals surface area (Å²) in [7, 11) is 3.19. The van der Waals surface area contributed by atoms with Crippen molar-refractivity contribution in [3.8, 4) is 0 Å². The van der Waals surface area contributed by atoms with Gasteiger partial charge >= 0.3 is 0 Å². The summed E-state index contributed by atoms with van der Waals surface area (Å²) >= 11 is 0. The molecule has 5 nitrogen and oxygen atoms in total. The number of likely N-dealkylation sites (N-methyl/N-ethyl adjacent to an activating group) is 2. The second kappa shape index (κ2) is 5.11. The Morgan fingerprint density at radius 1 is 1.27 bits per heavy atom. The number of nitrogens with zero attached hydrogens (tertiary/aromatic N) is 2. The van der Waals surface area contributed by atoms with Crippen molar-refractivity contribution in [3.05, 3.63) is 0 Å². The maximum Gasteiger partial charge on any atom is 0.242 e. The molecule has 0 atom stereocenters. The molecule has 0 bridgehead atoms. The zero-order valence-electron chi connectivity index (χ0n) is 10.1. The second-order valence-corrected chi connectivity index (χ2v) is 4.30. The van der Waals surface area contributed by atoms with Gasteiger partial charge in [0, 0.05) is 21.0 Å². The average Bonchev–Trinajstić information content (AvgIpc) is 2.16. The van der Waals surface area contributed by atoms with Crippen molar-refractivity contribution in [3.63, 3.8) is 0 Å². The first kappa shape index (κ1) is 13.9. The zero-order valence-corrected chi connectivity index (χ0v) is 10.1. The summed E-state index contributed by atoms with van der Waals surface area (Å²) in [5.74, 6) is -0.342. The van der Waals surface area contributed by atoms with Crippen LogP contribution in [0.25, 0.3) is 0 Å². The van der Waals surface area contributed by atoms with E-state index in [2.05, 4.69) is 0 Å². The van der Waals surface area contributed by atoms with Gasteiger partial charge in [-0.3, -0.25) is 9.59 Å². The molecule has 0 aliphatic carbocycles. The molecular weight excluding hydrogens is 196 g/mol. The van der Waals surface area contributed by atoms with Gasteiger partial charge in [0.25, 0.3) is 0 Å². The van der Waals surface area contributed by atoms with Crippen molar-refractivity contribution < 1.29 is 14.7 Å². The third kappa shape index (κ3) is 3.87. The third-order valence-corrected chi connectivity index (χ3v) is 2.58. The Bertz CT molecular complexity index is 251. The van der Waals surface area contributed by atoms with Crippen LogP contribution in [0.5, 0.6) is 0 Å². The molecule has 0 saturated heterocycles. The van der Waals surface area contributed by atoms with Crippen LogP contribution in [0.4, 0.5) is 0 Å². The van der Waals surface area contributed by atoms with Gasteiger partial charge in [0.2, 0.25) is 11.8 Å². The average molecular weight is 216 g/mol. The summed E-state index contributed by atoms with van der Waals surface area (Å²) in [5, 5.41) is 9.08. The summed E-state index contributed by atoms with van der Waals surface area (Å²) < 4.78 is 0. The number of rotatable bonds is 4. The van der Waals surface area contributed by atoms with E-state index in [4.69, 9.17) is 5.11 Å². The molecule has 0 aromatic heterocycles. The maximum absolute atomic E-state index is 11.7. The lowest BCUT2D eigenvalue weighted by Crippen LogP contribution is -2.51. The fraction of sp³-hybridized carbons (Fsp3) is 0.800. The lowest BCUT2D eigenvalue weighted by atomic mass is 10.1. The SMILES string of the molecule is CC(=O)N(C)CC(=O)N(C)C(C)(C)CO. The Hall–Kier alpha value is -1.10. The van der Waals surface area contributed by atoms with Gasteiger partial charge in [0.1, 0.15) is 0 Å². The van der Waals surface area contributed by atoms with E-state index in [9.17, 15) is 9.59 Å². The first-order valence-corrected chi connectivity index (χ1v) is 4.81. The van der Waals surface area contributed by atoms with E-state index in [0.717, 1.165) is 0 Å².